The van der Waals surface area contributed by atoms with Crippen LogP contribution in [0.1, 0.15) is 17.5 Å². The Balaban J connectivity index is 1.81. The molecule has 1 aliphatic heterocycles. The van der Waals surface area contributed by atoms with E-state index in [1.54, 1.807) is 14.2 Å². The molecule has 0 atom stereocenters. The van der Waals surface area contributed by atoms with Crippen LogP contribution in [0.25, 0.3) is 0 Å². The number of hydrogen-bond donors (Lipinski definition) is 1. The molecule has 1 aliphatic rings. The Morgan fingerprint density at radius 3 is 2.33 bits per heavy atom. The molecule has 152 valence electrons. The largest absolute Gasteiger partial charge is 0.493 e. The third kappa shape index (κ3) is 6.52. The van der Waals surface area contributed by atoms with Gasteiger partial charge in [-0.25, -0.2) is 0 Å². The van der Waals surface area contributed by atoms with E-state index in [0.717, 1.165) is 68.8 Å². The Morgan fingerprint density at radius 1 is 1.11 bits per heavy atom. The molecule has 27 heavy (non-hydrogen) atoms. The zero-order chi connectivity index (χ0) is 19.8. The highest BCUT2D eigenvalue weighted by Gasteiger charge is 2.20. The summed E-state index contributed by atoms with van der Waals surface area (Å²) >= 11 is 5.55. The first-order valence-electron chi connectivity index (χ1n) is 9.56. The van der Waals surface area contributed by atoms with Gasteiger partial charge in [-0.1, -0.05) is 0 Å². The molecule has 0 saturated carbocycles. The van der Waals surface area contributed by atoms with Crippen molar-refractivity contribution in [3.8, 4) is 11.5 Å². The van der Waals surface area contributed by atoms with Crippen LogP contribution in [0.4, 0.5) is 0 Å². The molecule has 1 aromatic carbocycles. The first-order chi connectivity index (χ1) is 12.9. The van der Waals surface area contributed by atoms with Gasteiger partial charge in [0.2, 0.25) is 0 Å². The zero-order valence-electron chi connectivity index (χ0n) is 17.4. The number of hydrogen-bond acceptors (Lipinski definition) is 5. The smallest absolute Gasteiger partial charge is 0.169 e. The first kappa shape index (κ1) is 21.7. The number of rotatable bonds is 8. The number of thiocarbonyl (C=S) groups is 1. The van der Waals surface area contributed by atoms with E-state index < -0.39 is 0 Å². The van der Waals surface area contributed by atoms with E-state index in [4.69, 9.17) is 21.7 Å². The van der Waals surface area contributed by atoms with Crippen molar-refractivity contribution in [2.24, 2.45) is 0 Å². The number of methoxy groups -OCH3 is 2. The molecular weight excluding hydrogens is 360 g/mol. The topological polar surface area (TPSA) is 40.2 Å². The number of aryl methyl sites for hydroxylation is 1. The lowest BCUT2D eigenvalue weighted by Crippen LogP contribution is -2.51. The second-order valence-corrected chi connectivity index (χ2v) is 7.67. The van der Waals surface area contributed by atoms with Gasteiger partial charge in [0.05, 0.1) is 14.2 Å². The normalized spacial score (nSPS) is 15.1. The van der Waals surface area contributed by atoms with Crippen molar-refractivity contribution in [3.05, 3.63) is 23.3 Å². The standard InChI is InChI=1S/C20H34N4O2S/c1-16-13-18(25-4)19(26-5)14-17(16)15-23-9-11-24(12-10-23)20(27)21-7-6-8-22(2)3/h13-14H,6-12,15H2,1-5H3,(H,21,27). The van der Waals surface area contributed by atoms with Gasteiger partial charge in [0.25, 0.3) is 0 Å². The fraction of sp³-hybridized carbons (Fsp3) is 0.650. The van der Waals surface area contributed by atoms with Crippen molar-refractivity contribution in [1.29, 1.82) is 0 Å². The van der Waals surface area contributed by atoms with Crippen LogP contribution in [0.3, 0.4) is 0 Å². The molecule has 1 fully saturated rings. The van der Waals surface area contributed by atoms with Crippen molar-refractivity contribution in [1.82, 2.24) is 20.0 Å². The average Bonchev–Trinajstić information content (AvgIpc) is 2.66. The van der Waals surface area contributed by atoms with Crippen molar-refractivity contribution >= 4 is 17.3 Å². The van der Waals surface area contributed by atoms with Crippen molar-refractivity contribution < 1.29 is 9.47 Å². The lowest BCUT2D eigenvalue weighted by atomic mass is 10.1. The van der Waals surface area contributed by atoms with Gasteiger partial charge < -0.3 is 24.6 Å². The van der Waals surface area contributed by atoms with E-state index in [-0.39, 0.29) is 0 Å². The van der Waals surface area contributed by atoms with Crippen LogP contribution in [0.15, 0.2) is 12.1 Å². The molecule has 0 spiro atoms. The first-order valence-corrected chi connectivity index (χ1v) is 9.96. The van der Waals surface area contributed by atoms with E-state index in [0.29, 0.717) is 0 Å². The molecule has 0 aliphatic carbocycles. The van der Waals surface area contributed by atoms with Crippen LogP contribution in [0.2, 0.25) is 0 Å². The lowest BCUT2D eigenvalue weighted by molar-refractivity contribution is 0.174. The molecule has 1 saturated heterocycles. The molecule has 1 N–H and O–H groups in total. The van der Waals surface area contributed by atoms with E-state index in [1.807, 2.05) is 0 Å². The van der Waals surface area contributed by atoms with Gasteiger partial charge in [-0.2, -0.15) is 0 Å². The Labute approximate surface area is 169 Å². The summed E-state index contributed by atoms with van der Waals surface area (Å²) in [6.45, 7) is 9.00. The number of benzene rings is 1. The highest BCUT2D eigenvalue weighted by molar-refractivity contribution is 7.80. The van der Waals surface area contributed by atoms with Gasteiger partial charge in [-0.15, -0.1) is 0 Å². The highest BCUT2D eigenvalue weighted by Crippen LogP contribution is 2.30. The summed E-state index contributed by atoms with van der Waals surface area (Å²) in [6.07, 6.45) is 1.10. The molecule has 6 nitrogen and oxygen atoms in total. The summed E-state index contributed by atoms with van der Waals surface area (Å²) in [6, 6.07) is 4.15. The Kier molecular flexibility index (Phi) is 8.60. The lowest BCUT2D eigenvalue weighted by Gasteiger charge is -2.36. The maximum Gasteiger partial charge on any atom is 0.169 e. The van der Waals surface area contributed by atoms with Gasteiger partial charge in [-0.05, 0) is 69.5 Å². The molecule has 1 heterocycles. The Bertz CT molecular complexity index is 616. The van der Waals surface area contributed by atoms with Crippen LogP contribution in [0.5, 0.6) is 11.5 Å². The summed E-state index contributed by atoms with van der Waals surface area (Å²) in [7, 11) is 7.55. The van der Waals surface area contributed by atoms with Crippen LogP contribution in [0, 0.1) is 6.92 Å². The predicted molar refractivity (Wildman–Crippen MR) is 115 cm³/mol. The molecule has 0 aromatic heterocycles. The molecule has 1 aromatic rings. The fourth-order valence-corrected chi connectivity index (χ4v) is 3.53. The monoisotopic (exact) mass is 394 g/mol. The minimum Gasteiger partial charge on any atom is -0.493 e. The van der Waals surface area contributed by atoms with Gasteiger partial charge >= 0.3 is 0 Å². The van der Waals surface area contributed by atoms with Crippen molar-refractivity contribution in [2.75, 3.05) is 67.6 Å². The molecule has 0 radical (unpaired) electrons. The van der Waals surface area contributed by atoms with Gasteiger partial charge in [-0.3, -0.25) is 4.90 Å². The van der Waals surface area contributed by atoms with Gasteiger partial charge in [0, 0.05) is 39.3 Å². The summed E-state index contributed by atoms with van der Waals surface area (Å²) in [5.41, 5.74) is 2.51. The van der Waals surface area contributed by atoms with E-state index >= 15 is 0 Å². The number of ether oxygens (including phenoxy) is 2. The minimum absolute atomic E-state index is 0.786. The van der Waals surface area contributed by atoms with Crippen LogP contribution >= 0.6 is 12.2 Å². The summed E-state index contributed by atoms with van der Waals surface area (Å²) in [5.74, 6) is 1.58. The molecule has 0 amide bonds. The quantitative estimate of drug-likeness (QED) is 0.534. The molecular formula is C20H34N4O2S. The number of piperazine rings is 1. The second kappa shape index (κ2) is 10.7. The summed E-state index contributed by atoms with van der Waals surface area (Å²) in [5, 5.41) is 4.28. The molecule has 2 rings (SSSR count). The maximum absolute atomic E-state index is 5.55. The third-order valence-corrected chi connectivity index (χ3v) is 5.36. The SMILES string of the molecule is COc1cc(C)c(CN2CCN(C(=S)NCCCN(C)C)CC2)cc1OC. The fourth-order valence-electron chi connectivity index (χ4n) is 3.25. The van der Waals surface area contributed by atoms with Crippen LogP contribution in [-0.2, 0) is 6.54 Å². The number of nitrogens with zero attached hydrogens (tertiary/aromatic N) is 3. The van der Waals surface area contributed by atoms with E-state index in [2.05, 4.69) is 53.2 Å². The summed E-state index contributed by atoms with van der Waals surface area (Å²) < 4.78 is 10.8. The van der Waals surface area contributed by atoms with Crippen molar-refractivity contribution in [2.45, 2.75) is 19.9 Å². The number of nitrogens with one attached hydrogen (secondary N) is 1. The highest BCUT2D eigenvalue weighted by atomic mass is 32.1. The maximum atomic E-state index is 5.55. The van der Waals surface area contributed by atoms with E-state index in [9.17, 15) is 0 Å². The second-order valence-electron chi connectivity index (χ2n) is 7.29. The molecule has 0 unspecified atom stereocenters. The zero-order valence-corrected chi connectivity index (χ0v) is 18.2. The van der Waals surface area contributed by atoms with Gasteiger partial charge in [0.1, 0.15) is 0 Å². The average molecular weight is 395 g/mol. The Hall–Kier alpha value is -1.57. The van der Waals surface area contributed by atoms with Gasteiger partial charge in [0.15, 0.2) is 16.6 Å². The Morgan fingerprint density at radius 2 is 1.74 bits per heavy atom. The summed E-state index contributed by atoms with van der Waals surface area (Å²) in [4.78, 5) is 6.95. The third-order valence-electron chi connectivity index (χ3n) is 4.95. The minimum atomic E-state index is 0.786. The molecule has 7 heteroatoms. The molecule has 0 bridgehead atoms. The van der Waals surface area contributed by atoms with Crippen LogP contribution < -0.4 is 14.8 Å². The van der Waals surface area contributed by atoms with Crippen LogP contribution in [-0.4, -0.2) is 87.4 Å². The van der Waals surface area contributed by atoms with E-state index in [1.165, 1.54) is 11.1 Å². The van der Waals surface area contributed by atoms with Crippen molar-refractivity contribution in [3.63, 3.8) is 0 Å². The predicted octanol–water partition coefficient (Wildman–Crippen LogP) is 1.96.